The molecule has 0 aliphatic carbocycles. The first-order valence-electron chi connectivity index (χ1n) is 5.80. The highest BCUT2D eigenvalue weighted by molar-refractivity contribution is 9.10. The Hall–Kier alpha value is -1.88. The van der Waals surface area contributed by atoms with Gasteiger partial charge in [-0.25, -0.2) is 4.39 Å². The number of H-pyrrole nitrogens is 1. The van der Waals surface area contributed by atoms with Crippen LogP contribution < -0.4 is 5.62 Å². The molecule has 0 unspecified atom stereocenters. The minimum atomic E-state index is -0.301. The summed E-state index contributed by atoms with van der Waals surface area (Å²) in [5.41, 5.74) is 2.83. The van der Waals surface area contributed by atoms with Crippen molar-refractivity contribution in [2.24, 2.45) is 0 Å². The fourth-order valence-electron chi connectivity index (χ4n) is 2.10. The number of hydrogen-bond donors (Lipinski definition) is 2. The molecule has 0 aliphatic rings. The fraction of sp³-hybridized carbons (Fsp3) is 0.0714. The number of halogens is 2. The first-order chi connectivity index (χ1) is 9.13. The SMILES string of the molecule is N=c1[nH]c2cc(F)ccc2n1Cc1ccc(Br)cc1. The van der Waals surface area contributed by atoms with Gasteiger partial charge in [0.15, 0.2) is 0 Å². The first kappa shape index (κ1) is 12.2. The van der Waals surface area contributed by atoms with Crippen molar-refractivity contribution in [1.82, 2.24) is 9.55 Å². The maximum absolute atomic E-state index is 13.2. The summed E-state index contributed by atoms with van der Waals surface area (Å²) >= 11 is 3.39. The molecule has 0 radical (unpaired) electrons. The lowest BCUT2D eigenvalue weighted by Crippen LogP contribution is -2.17. The minimum Gasteiger partial charge on any atom is -0.324 e. The standard InChI is InChI=1S/C14H11BrFN3/c15-10-3-1-9(2-4-10)8-19-13-6-5-11(16)7-12(13)18-14(19)17/h1-7H,8H2,(H2,17,18). The van der Waals surface area contributed by atoms with E-state index in [1.807, 2.05) is 28.8 Å². The van der Waals surface area contributed by atoms with Gasteiger partial charge in [0.1, 0.15) is 5.82 Å². The van der Waals surface area contributed by atoms with Crippen LogP contribution in [0, 0.1) is 11.2 Å². The third kappa shape index (κ3) is 2.33. The van der Waals surface area contributed by atoms with E-state index in [2.05, 4.69) is 20.9 Å². The molecule has 0 fully saturated rings. The Morgan fingerprint density at radius 3 is 2.63 bits per heavy atom. The summed E-state index contributed by atoms with van der Waals surface area (Å²) in [6.45, 7) is 0.581. The number of imidazole rings is 1. The maximum Gasteiger partial charge on any atom is 0.200 e. The maximum atomic E-state index is 13.2. The van der Waals surface area contributed by atoms with Crippen LogP contribution in [0.5, 0.6) is 0 Å². The van der Waals surface area contributed by atoms with E-state index in [0.29, 0.717) is 12.1 Å². The average molecular weight is 320 g/mol. The molecule has 0 saturated carbocycles. The second-order valence-corrected chi connectivity index (χ2v) is 5.26. The molecular weight excluding hydrogens is 309 g/mol. The number of rotatable bonds is 2. The molecule has 0 aliphatic heterocycles. The molecule has 2 N–H and O–H groups in total. The molecule has 3 aromatic rings. The average Bonchev–Trinajstić information content (AvgIpc) is 2.68. The molecule has 2 aromatic carbocycles. The zero-order chi connectivity index (χ0) is 13.4. The molecule has 0 saturated heterocycles. The van der Waals surface area contributed by atoms with Gasteiger partial charge in [-0.3, -0.25) is 5.41 Å². The smallest absolute Gasteiger partial charge is 0.200 e. The molecule has 3 nitrogen and oxygen atoms in total. The number of fused-ring (bicyclic) bond motifs is 1. The predicted octanol–water partition coefficient (Wildman–Crippen LogP) is 3.40. The third-order valence-corrected chi connectivity index (χ3v) is 3.55. The van der Waals surface area contributed by atoms with E-state index < -0.39 is 0 Å². The lowest BCUT2D eigenvalue weighted by molar-refractivity contribution is 0.629. The van der Waals surface area contributed by atoms with Crippen LogP contribution in [0.4, 0.5) is 4.39 Å². The van der Waals surface area contributed by atoms with Gasteiger partial charge in [0.2, 0.25) is 5.62 Å². The fourth-order valence-corrected chi connectivity index (χ4v) is 2.36. The van der Waals surface area contributed by atoms with Gasteiger partial charge in [-0.1, -0.05) is 28.1 Å². The van der Waals surface area contributed by atoms with Crippen LogP contribution in [-0.4, -0.2) is 9.55 Å². The van der Waals surface area contributed by atoms with E-state index in [-0.39, 0.29) is 11.4 Å². The molecule has 0 atom stereocenters. The van der Waals surface area contributed by atoms with Crippen LogP contribution in [0.25, 0.3) is 11.0 Å². The quantitative estimate of drug-likeness (QED) is 0.727. The minimum absolute atomic E-state index is 0.267. The van der Waals surface area contributed by atoms with Crippen molar-refractivity contribution >= 4 is 27.0 Å². The summed E-state index contributed by atoms with van der Waals surface area (Å²) in [6.07, 6.45) is 0. The van der Waals surface area contributed by atoms with Gasteiger partial charge in [-0.15, -0.1) is 0 Å². The highest BCUT2D eigenvalue weighted by Gasteiger charge is 2.06. The number of hydrogen-bond acceptors (Lipinski definition) is 1. The molecule has 19 heavy (non-hydrogen) atoms. The molecule has 0 bridgehead atoms. The third-order valence-electron chi connectivity index (χ3n) is 3.03. The number of aromatic amines is 1. The summed E-state index contributed by atoms with van der Waals surface area (Å²) in [4.78, 5) is 2.88. The lowest BCUT2D eigenvalue weighted by Gasteiger charge is -2.05. The van der Waals surface area contributed by atoms with Gasteiger partial charge in [0.25, 0.3) is 0 Å². The van der Waals surface area contributed by atoms with Crippen molar-refractivity contribution < 1.29 is 4.39 Å². The molecule has 96 valence electrons. The number of aromatic nitrogens is 2. The van der Waals surface area contributed by atoms with Crippen molar-refractivity contribution in [3.63, 3.8) is 0 Å². The largest absolute Gasteiger partial charge is 0.324 e. The molecular formula is C14H11BrFN3. The van der Waals surface area contributed by atoms with Gasteiger partial charge in [0.05, 0.1) is 17.6 Å². The zero-order valence-electron chi connectivity index (χ0n) is 9.95. The normalized spacial score (nSPS) is 11.1. The number of nitrogens with one attached hydrogen (secondary N) is 2. The van der Waals surface area contributed by atoms with Gasteiger partial charge in [-0.05, 0) is 35.9 Å². The van der Waals surface area contributed by atoms with Crippen molar-refractivity contribution in [1.29, 1.82) is 5.41 Å². The van der Waals surface area contributed by atoms with Crippen molar-refractivity contribution in [3.8, 4) is 0 Å². The molecule has 1 aromatic heterocycles. The molecule has 1 heterocycles. The summed E-state index contributed by atoms with van der Waals surface area (Å²) in [5, 5.41) is 7.94. The van der Waals surface area contributed by atoms with Crippen molar-refractivity contribution in [2.45, 2.75) is 6.54 Å². The first-order valence-corrected chi connectivity index (χ1v) is 6.60. The highest BCUT2D eigenvalue weighted by Crippen LogP contribution is 2.15. The summed E-state index contributed by atoms with van der Waals surface area (Å²) < 4.78 is 16.0. The summed E-state index contributed by atoms with van der Waals surface area (Å²) in [5.74, 6) is -0.301. The van der Waals surface area contributed by atoms with E-state index in [0.717, 1.165) is 15.6 Å². The van der Waals surface area contributed by atoms with Gasteiger partial charge in [-0.2, -0.15) is 0 Å². The van der Waals surface area contributed by atoms with Crippen LogP contribution in [0.3, 0.4) is 0 Å². The second kappa shape index (κ2) is 4.66. The summed E-state index contributed by atoms with van der Waals surface area (Å²) in [7, 11) is 0. The summed E-state index contributed by atoms with van der Waals surface area (Å²) in [6, 6.07) is 12.4. The van der Waals surface area contributed by atoms with Gasteiger partial charge >= 0.3 is 0 Å². The van der Waals surface area contributed by atoms with E-state index in [9.17, 15) is 4.39 Å². The molecule has 3 rings (SSSR count). The number of nitrogens with zero attached hydrogens (tertiary/aromatic N) is 1. The Labute approximate surface area is 117 Å². The van der Waals surface area contributed by atoms with Crippen LogP contribution >= 0.6 is 15.9 Å². The lowest BCUT2D eigenvalue weighted by atomic mass is 10.2. The Balaban J connectivity index is 2.07. The molecule has 5 heteroatoms. The zero-order valence-corrected chi connectivity index (χ0v) is 11.5. The van der Waals surface area contributed by atoms with Gasteiger partial charge in [0, 0.05) is 4.47 Å². The Morgan fingerprint density at radius 1 is 1.16 bits per heavy atom. The van der Waals surface area contributed by atoms with Crippen LogP contribution in [0.2, 0.25) is 0 Å². The Bertz CT molecular complexity index is 787. The van der Waals surface area contributed by atoms with E-state index in [1.165, 1.54) is 12.1 Å². The molecule has 0 spiro atoms. The Kier molecular flexibility index (Phi) is 2.98. The van der Waals surface area contributed by atoms with Crippen LogP contribution in [-0.2, 0) is 6.54 Å². The van der Waals surface area contributed by atoms with Crippen molar-refractivity contribution in [3.05, 3.63) is 63.9 Å². The van der Waals surface area contributed by atoms with E-state index in [4.69, 9.17) is 5.41 Å². The highest BCUT2D eigenvalue weighted by atomic mass is 79.9. The monoisotopic (exact) mass is 319 g/mol. The van der Waals surface area contributed by atoms with Crippen LogP contribution in [0.15, 0.2) is 46.9 Å². The van der Waals surface area contributed by atoms with Crippen LogP contribution in [0.1, 0.15) is 5.56 Å². The molecule has 0 amide bonds. The van der Waals surface area contributed by atoms with Gasteiger partial charge < -0.3 is 9.55 Å². The second-order valence-electron chi connectivity index (χ2n) is 4.35. The van der Waals surface area contributed by atoms with E-state index >= 15 is 0 Å². The van der Waals surface area contributed by atoms with E-state index in [1.54, 1.807) is 6.07 Å². The predicted molar refractivity (Wildman–Crippen MR) is 75.3 cm³/mol. The topological polar surface area (TPSA) is 44.6 Å². The number of benzene rings is 2. The van der Waals surface area contributed by atoms with Crippen molar-refractivity contribution in [2.75, 3.05) is 0 Å². The Morgan fingerprint density at radius 2 is 1.89 bits per heavy atom.